The maximum absolute atomic E-state index is 5.30. The van der Waals surface area contributed by atoms with E-state index < -0.39 is 0 Å². The van der Waals surface area contributed by atoms with E-state index in [1.54, 1.807) is 14.2 Å². The Balaban J connectivity index is -0.000000563. The monoisotopic (exact) mass is 362 g/mol. The number of aryl methyl sites for hydroxylation is 1. The van der Waals surface area contributed by atoms with E-state index in [0.717, 1.165) is 28.2 Å². The molecule has 5 heteroatoms. The molecule has 0 spiro atoms. The molecule has 1 rings (SSSR count). The van der Waals surface area contributed by atoms with Gasteiger partial charge in [0.25, 0.3) is 0 Å². The van der Waals surface area contributed by atoms with Gasteiger partial charge in [-0.2, -0.15) is 0 Å². The van der Waals surface area contributed by atoms with E-state index in [1.165, 1.54) is 0 Å². The minimum atomic E-state index is 0. The molecule has 1 aromatic rings. The van der Waals surface area contributed by atoms with Crippen LogP contribution in [0.3, 0.4) is 0 Å². The normalized spacial score (nSPS) is 8.06. The van der Waals surface area contributed by atoms with Crippen molar-refractivity contribution < 1.29 is 43.4 Å². The summed E-state index contributed by atoms with van der Waals surface area (Å²) in [7, 11) is 3.38. The van der Waals surface area contributed by atoms with Gasteiger partial charge in [-0.15, -0.1) is 0 Å². The molecule has 88 valence electrons. The number of benzene rings is 1. The molecule has 0 saturated heterocycles. The van der Waals surface area contributed by atoms with E-state index >= 15 is 0 Å². The Morgan fingerprint density at radius 3 is 1.75 bits per heavy atom. The van der Waals surface area contributed by atoms with Crippen LogP contribution in [0.1, 0.15) is 16.7 Å². The SMILES string of the molecule is COc1cc(C)c(OC)c(C)c1C.[Br-].[Br-].[Mg+2]. The van der Waals surface area contributed by atoms with E-state index in [1.807, 2.05) is 26.8 Å². The van der Waals surface area contributed by atoms with Gasteiger partial charge in [-0.1, -0.05) is 0 Å². The summed E-state index contributed by atoms with van der Waals surface area (Å²) in [5, 5.41) is 0. The van der Waals surface area contributed by atoms with Gasteiger partial charge in [0.15, 0.2) is 0 Å². The van der Waals surface area contributed by atoms with Crippen LogP contribution in [-0.4, -0.2) is 37.3 Å². The fourth-order valence-electron chi connectivity index (χ4n) is 1.55. The average Bonchev–Trinajstić information content (AvgIpc) is 2.12. The predicted molar refractivity (Wildman–Crippen MR) is 59.5 cm³/mol. The molecule has 0 saturated carbocycles. The fourth-order valence-corrected chi connectivity index (χ4v) is 1.55. The van der Waals surface area contributed by atoms with Crippen LogP contribution in [0.5, 0.6) is 11.5 Å². The zero-order valence-electron chi connectivity index (χ0n) is 10.4. The van der Waals surface area contributed by atoms with Crippen molar-refractivity contribution in [2.75, 3.05) is 14.2 Å². The van der Waals surface area contributed by atoms with Gasteiger partial charge in [0.2, 0.25) is 0 Å². The van der Waals surface area contributed by atoms with Crippen molar-refractivity contribution in [2.45, 2.75) is 20.8 Å². The van der Waals surface area contributed by atoms with Gasteiger partial charge in [0, 0.05) is 0 Å². The molecule has 0 aliphatic carbocycles. The molecule has 0 amide bonds. The van der Waals surface area contributed by atoms with Crippen LogP contribution in [0.4, 0.5) is 0 Å². The second kappa shape index (κ2) is 9.56. The van der Waals surface area contributed by atoms with Gasteiger partial charge >= 0.3 is 23.1 Å². The molecule has 0 bridgehead atoms. The molecule has 0 fully saturated rings. The molecule has 0 unspecified atom stereocenters. The summed E-state index contributed by atoms with van der Waals surface area (Å²) < 4.78 is 10.6. The number of halogens is 2. The zero-order valence-corrected chi connectivity index (χ0v) is 14.9. The third-order valence-corrected chi connectivity index (χ3v) is 2.40. The third-order valence-electron chi connectivity index (χ3n) is 2.40. The molecule has 16 heavy (non-hydrogen) atoms. The Kier molecular flexibility index (Phi) is 13.0. The summed E-state index contributed by atoms with van der Waals surface area (Å²) in [6.07, 6.45) is 0. The second-order valence-electron chi connectivity index (χ2n) is 3.18. The summed E-state index contributed by atoms with van der Waals surface area (Å²) in [6, 6.07) is 2.00. The number of hydrogen-bond acceptors (Lipinski definition) is 2. The largest absolute Gasteiger partial charge is 2.00 e. The van der Waals surface area contributed by atoms with Crippen LogP contribution in [0.15, 0.2) is 6.07 Å². The van der Waals surface area contributed by atoms with Crippen molar-refractivity contribution in [3.8, 4) is 11.5 Å². The second-order valence-corrected chi connectivity index (χ2v) is 3.18. The first-order chi connectivity index (χ1) is 6.11. The van der Waals surface area contributed by atoms with Gasteiger partial charge in [-0.3, -0.25) is 0 Å². The van der Waals surface area contributed by atoms with Gasteiger partial charge in [0.05, 0.1) is 14.2 Å². The predicted octanol–water partition coefficient (Wildman–Crippen LogP) is -3.74. The molecule has 0 aromatic heterocycles. The van der Waals surface area contributed by atoms with E-state index in [-0.39, 0.29) is 57.0 Å². The van der Waals surface area contributed by atoms with Crippen molar-refractivity contribution >= 4 is 23.1 Å². The number of rotatable bonds is 2. The Morgan fingerprint density at radius 1 is 0.875 bits per heavy atom. The quantitative estimate of drug-likeness (QED) is 0.503. The topological polar surface area (TPSA) is 18.5 Å². The van der Waals surface area contributed by atoms with Crippen molar-refractivity contribution in [2.24, 2.45) is 0 Å². The van der Waals surface area contributed by atoms with E-state index in [9.17, 15) is 0 Å². The zero-order chi connectivity index (χ0) is 10.0. The summed E-state index contributed by atoms with van der Waals surface area (Å²) in [5.41, 5.74) is 3.41. The average molecular weight is 364 g/mol. The smallest absolute Gasteiger partial charge is 1.00 e. The molecule has 1 aromatic carbocycles. The first-order valence-corrected chi connectivity index (χ1v) is 4.30. The number of ether oxygens (including phenoxy) is 2. The van der Waals surface area contributed by atoms with Crippen LogP contribution in [0.2, 0.25) is 0 Å². The summed E-state index contributed by atoms with van der Waals surface area (Å²) >= 11 is 0. The third kappa shape index (κ3) is 4.43. The van der Waals surface area contributed by atoms with Gasteiger partial charge in [-0.25, -0.2) is 0 Å². The molecule has 0 heterocycles. The molecule has 0 radical (unpaired) electrons. The minimum absolute atomic E-state index is 0. The van der Waals surface area contributed by atoms with Gasteiger partial charge in [0.1, 0.15) is 11.5 Å². The Bertz CT molecular complexity index is 330. The van der Waals surface area contributed by atoms with Gasteiger partial charge in [-0.05, 0) is 43.5 Å². The van der Waals surface area contributed by atoms with Crippen LogP contribution >= 0.6 is 0 Å². The number of hydrogen-bond donors (Lipinski definition) is 0. The van der Waals surface area contributed by atoms with Crippen molar-refractivity contribution in [1.82, 2.24) is 0 Å². The van der Waals surface area contributed by atoms with E-state index in [2.05, 4.69) is 0 Å². The summed E-state index contributed by atoms with van der Waals surface area (Å²) in [6.45, 7) is 6.10. The van der Waals surface area contributed by atoms with Gasteiger partial charge < -0.3 is 43.4 Å². The molecule has 0 N–H and O–H groups in total. The Morgan fingerprint density at radius 2 is 1.38 bits per heavy atom. The summed E-state index contributed by atoms with van der Waals surface area (Å²) in [4.78, 5) is 0. The van der Waals surface area contributed by atoms with E-state index in [4.69, 9.17) is 9.47 Å². The Hall–Kier alpha value is 0.546. The molecule has 0 aliphatic rings. The minimum Gasteiger partial charge on any atom is -1.00 e. The summed E-state index contributed by atoms with van der Waals surface area (Å²) in [5.74, 6) is 1.88. The molecule has 0 atom stereocenters. The molecular formula is C11H16Br2MgO2. The number of methoxy groups -OCH3 is 2. The molecule has 2 nitrogen and oxygen atoms in total. The first kappa shape index (κ1) is 21.8. The van der Waals surface area contributed by atoms with Crippen molar-refractivity contribution in [3.63, 3.8) is 0 Å². The van der Waals surface area contributed by atoms with Crippen LogP contribution in [0.25, 0.3) is 0 Å². The molecule has 0 aliphatic heterocycles. The fraction of sp³-hybridized carbons (Fsp3) is 0.455. The Labute approximate surface area is 135 Å². The van der Waals surface area contributed by atoms with Crippen molar-refractivity contribution in [3.05, 3.63) is 22.8 Å². The molecular weight excluding hydrogens is 348 g/mol. The van der Waals surface area contributed by atoms with Crippen LogP contribution in [-0.2, 0) is 0 Å². The first-order valence-electron chi connectivity index (χ1n) is 4.30. The standard InChI is InChI=1S/C11H16O2.2BrH.Mg/c1-7-6-10(12-4)8(2)9(3)11(7)13-5;;;/h6H,1-5H3;2*1H;/q;;;+2/p-2. The van der Waals surface area contributed by atoms with Crippen LogP contribution < -0.4 is 43.4 Å². The van der Waals surface area contributed by atoms with E-state index in [0.29, 0.717) is 0 Å². The maximum atomic E-state index is 5.30. The van der Waals surface area contributed by atoms with Crippen molar-refractivity contribution in [1.29, 1.82) is 0 Å². The maximum Gasteiger partial charge on any atom is 2.00 e. The van der Waals surface area contributed by atoms with Crippen LogP contribution in [0, 0.1) is 20.8 Å².